The van der Waals surface area contributed by atoms with Gasteiger partial charge in [0.1, 0.15) is 5.75 Å². The normalized spacial score (nSPS) is 11.0. The Balaban J connectivity index is 1.80. The monoisotopic (exact) mass is 405 g/mol. The topological polar surface area (TPSA) is 90.0 Å². The Hall–Kier alpha value is -2.87. The van der Waals surface area contributed by atoms with Crippen LogP contribution in [0, 0.1) is 6.92 Å². The molecule has 150 valence electrons. The highest BCUT2D eigenvalue weighted by Gasteiger charge is 2.14. The van der Waals surface area contributed by atoms with Crippen molar-refractivity contribution in [3.63, 3.8) is 0 Å². The molecule has 28 heavy (non-hydrogen) atoms. The number of benzene rings is 2. The lowest BCUT2D eigenvalue weighted by atomic mass is 10.1. The molecule has 0 bridgehead atoms. The zero-order chi connectivity index (χ0) is 20.7. The number of anilines is 1. The molecule has 2 rings (SSSR count). The molecule has 0 saturated heterocycles. The van der Waals surface area contributed by atoms with Gasteiger partial charge in [0.05, 0.1) is 25.0 Å². The maximum atomic E-state index is 12.1. The number of hydrogen-bond donors (Lipinski definition) is 0. The predicted molar refractivity (Wildman–Crippen MR) is 106 cm³/mol. The molecule has 0 saturated carbocycles. The van der Waals surface area contributed by atoms with Crippen LogP contribution in [0.3, 0.4) is 0 Å². The lowest BCUT2D eigenvalue weighted by molar-refractivity contribution is -0.143. The molecule has 0 heterocycles. The molecule has 0 N–H and O–H groups in total. The average molecular weight is 405 g/mol. The molecule has 0 unspecified atom stereocenters. The quantitative estimate of drug-likeness (QED) is 0.471. The van der Waals surface area contributed by atoms with Crippen LogP contribution < -0.4 is 9.04 Å². The second-order valence-electron chi connectivity index (χ2n) is 6.23. The Kier molecular flexibility index (Phi) is 7.17. The van der Waals surface area contributed by atoms with Gasteiger partial charge in [0, 0.05) is 12.6 Å². The van der Waals surface area contributed by atoms with Gasteiger partial charge in [0.25, 0.3) is 0 Å². The number of carbonyl (C=O) groups excluding carboxylic acids is 2. The van der Waals surface area contributed by atoms with Crippen molar-refractivity contribution >= 4 is 27.5 Å². The number of aryl methyl sites for hydroxylation is 1. The van der Waals surface area contributed by atoms with E-state index in [1.165, 1.54) is 31.3 Å². The highest BCUT2D eigenvalue weighted by atomic mass is 32.2. The molecule has 0 amide bonds. The fourth-order valence-electron chi connectivity index (χ4n) is 2.31. The molecule has 8 heteroatoms. The molecule has 0 aliphatic carbocycles. The first-order valence-electron chi connectivity index (χ1n) is 8.59. The molecule has 0 atom stereocenters. The molecule has 2 aromatic carbocycles. The van der Waals surface area contributed by atoms with E-state index in [-0.39, 0.29) is 25.4 Å². The Morgan fingerprint density at radius 2 is 1.68 bits per heavy atom. The maximum absolute atomic E-state index is 12.1. The minimum absolute atomic E-state index is 0.0275. The van der Waals surface area contributed by atoms with Gasteiger partial charge in [-0.2, -0.15) is 0 Å². The number of ketones is 1. The lowest BCUT2D eigenvalue weighted by Gasteiger charge is -2.16. The summed E-state index contributed by atoms with van der Waals surface area (Å²) in [5, 5.41) is 0. The van der Waals surface area contributed by atoms with Crippen molar-refractivity contribution in [2.24, 2.45) is 0 Å². The van der Waals surface area contributed by atoms with Gasteiger partial charge < -0.3 is 9.47 Å². The van der Waals surface area contributed by atoms with Gasteiger partial charge in [-0.05, 0) is 42.8 Å². The van der Waals surface area contributed by atoms with Crippen molar-refractivity contribution in [3.8, 4) is 5.75 Å². The van der Waals surface area contributed by atoms with E-state index in [2.05, 4.69) is 0 Å². The smallest absolute Gasteiger partial charge is 0.309 e. The summed E-state index contributed by atoms with van der Waals surface area (Å²) in [6, 6.07) is 13.5. The van der Waals surface area contributed by atoms with E-state index in [0.29, 0.717) is 17.0 Å². The number of ether oxygens (including phenoxy) is 2. The van der Waals surface area contributed by atoms with Crippen LogP contribution in [0.25, 0.3) is 0 Å². The second kappa shape index (κ2) is 9.36. The van der Waals surface area contributed by atoms with Crippen molar-refractivity contribution in [1.29, 1.82) is 0 Å². The number of rotatable bonds is 9. The third-order valence-electron chi connectivity index (χ3n) is 4.07. The summed E-state index contributed by atoms with van der Waals surface area (Å²) >= 11 is 0. The predicted octanol–water partition coefficient (Wildman–Crippen LogP) is 2.59. The van der Waals surface area contributed by atoms with Gasteiger partial charge in [0.15, 0.2) is 12.4 Å². The molecule has 0 fully saturated rings. The van der Waals surface area contributed by atoms with Crippen molar-refractivity contribution in [2.75, 3.05) is 30.8 Å². The number of carbonyl (C=O) groups is 2. The number of para-hydroxylation sites is 1. The molecule has 0 aliphatic heterocycles. The Labute approximate surface area is 164 Å². The lowest BCUT2D eigenvalue weighted by Crippen LogP contribution is -2.24. The number of nitrogens with zero attached hydrogens (tertiary/aromatic N) is 1. The molecule has 0 radical (unpaired) electrons. The van der Waals surface area contributed by atoms with Crippen LogP contribution in [0.5, 0.6) is 5.75 Å². The number of esters is 1. The molecular formula is C20H23NO6S. The van der Waals surface area contributed by atoms with E-state index in [1.54, 1.807) is 0 Å². The molecule has 0 spiro atoms. The van der Waals surface area contributed by atoms with Crippen LogP contribution in [-0.4, -0.2) is 46.7 Å². The van der Waals surface area contributed by atoms with E-state index in [0.717, 1.165) is 16.1 Å². The van der Waals surface area contributed by atoms with Crippen LogP contribution in [0.1, 0.15) is 22.3 Å². The summed E-state index contributed by atoms with van der Waals surface area (Å²) in [5.41, 5.74) is 1.73. The summed E-state index contributed by atoms with van der Waals surface area (Å²) in [5.74, 6) is -0.206. The first-order chi connectivity index (χ1) is 13.2. The Morgan fingerprint density at radius 1 is 1.04 bits per heavy atom. The van der Waals surface area contributed by atoms with E-state index < -0.39 is 16.0 Å². The van der Waals surface area contributed by atoms with Crippen molar-refractivity contribution in [2.45, 2.75) is 13.3 Å². The van der Waals surface area contributed by atoms with Crippen molar-refractivity contribution in [1.82, 2.24) is 0 Å². The van der Waals surface area contributed by atoms with E-state index in [9.17, 15) is 18.0 Å². The fraction of sp³-hybridized carbons (Fsp3) is 0.300. The van der Waals surface area contributed by atoms with Gasteiger partial charge in [-0.25, -0.2) is 8.42 Å². The van der Waals surface area contributed by atoms with Crippen LogP contribution in [0.2, 0.25) is 0 Å². The van der Waals surface area contributed by atoms with Crippen LogP contribution in [0.15, 0.2) is 48.5 Å². The highest BCUT2D eigenvalue weighted by Crippen LogP contribution is 2.17. The first-order valence-corrected chi connectivity index (χ1v) is 10.4. The van der Waals surface area contributed by atoms with Crippen LogP contribution in [0.4, 0.5) is 5.69 Å². The zero-order valence-electron chi connectivity index (χ0n) is 16.0. The van der Waals surface area contributed by atoms with E-state index >= 15 is 0 Å². The van der Waals surface area contributed by atoms with Crippen molar-refractivity contribution in [3.05, 3.63) is 59.7 Å². The van der Waals surface area contributed by atoms with Gasteiger partial charge in [-0.15, -0.1) is 0 Å². The standard InChI is InChI=1S/C20H23NO6S/c1-15-6-4-5-7-19(15)26-13-12-20(23)27-14-18(22)16-8-10-17(11-9-16)21(2)28(3,24)25/h4-11H,12-14H2,1-3H3. The minimum atomic E-state index is -3.38. The highest BCUT2D eigenvalue weighted by molar-refractivity contribution is 7.92. The van der Waals surface area contributed by atoms with Gasteiger partial charge in [0.2, 0.25) is 10.0 Å². The SMILES string of the molecule is Cc1ccccc1OCCC(=O)OCC(=O)c1ccc(N(C)S(C)(=O)=O)cc1. The van der Waals surface area contributed by atoms with Gasteiger partial charge in [-0.3, -0.25) is 13.9 Å². The number of Topliss-reactive ketones (excluding diaryl/α,β-unsaturated/α-hetero) is 1. The minimum Gasteiger partial charge on any atom is -0.493 e. The van der Waals surface area contributed by atoms with Gasteiger partial charge >= 0.3 is 5.97 Å². The second-order valence-corrected chi connectivity index (χ2v) is 8.24. The third-order valence-corrected chi connectivity index (χ3v) is 5.28. The van der Waals surface area contributed by atoms with Gasteiger partial charge in [-0.1, -0.05) is 18.2 Å². The average Bonchev–Trinajstić information content (AvgIpc) is 2.66. The third kappa shape index (κ3) is 6.09. The fourth-order valence-corrected chi connectivity index (χ4v) is 2.82. The molecule has 7 nitrogen and oxygen atoms in total. The number of hydrogen-bond acceptors (Lipinski definition) is 6. The zero-order valence-corrected chi connectivity index (χ0v) is 16.9. The summed E-state index contributed by atoms with van der Waals surface area (Å²) in [4.78, 5) is 23.9. The first kappa shape index (κ1) is 21.4. The van der Waals surface area contributed by atoms with E-state index in [1.807, 2.05) is 31.2 Å². The van der Waals surface area contributed by atoms with Crippen LogP contribution in [-0.2, 0) is 19.6 Å². The Bertz CT molecular complexity index is 937. The summed E-state index contributed by atoms with van der Waals surface area (Å²) < 4.78 is 34.6. The summed E-state index contributed by atoms with van der Waals surface area (Å²) in [7, 11) is -1.95. The molecule has 0 aliphatic rings. The molecule has 2 aromatic rings. The maximum Gasteiger partial charge on any atom is 0.309 e. The summed E-state index contributed by atoms with van der Waals surface area (Å²) in [6.07, 6.45) is 1.12. The van der Waals surface area contributed by atoms with Crippen molar-refractivity contribution < 1.29 is 27.5 Å². The van der Waals surface area contributed by atoms with E-state index in [4.69, 9.17) is 9.47 Å². The summed E-state index contributed by atoms with van der Waals surface area (Å²) in [6.45, 7) is 1.68. The Morgan fingerprint density at radius 3 is 2.29 bits per heavy atom. The largest absolute Gasteiger partial charge is 0.493 e. The van der Waals surface area contributed by atoms with Crippen LogP contribution >= 0.6 is 0 Å². The molecule has 0 aromatic heterocycles. The molecular weight excluding hydrogens is 382 g/mol. The number of sulfonamides is 1.